The highest BCUT2D eigenvalue weighted by Crippen LogP contribution is 2.23. The second kappa shape index (κ2) is 6.22. The van der Waals surface area contributed by atoms with Crippen LogP contribution in [0.2, 0.25) is 0 Å². The van der Waals surface area contributed by atoms with Crippen molar-refractivity contribution in [3.8, 4) is 0 Å². The molecule has 3 rings (SSSR count). The van der Waals surface area contributed by atoms with Crippen molar-refractivity contribution in [1.29, 1.82) is 0 Å². The lowest BCUT2D eigenvalue weighted by Gasteiger charge is -2.08. The summed E-state index contributed by atoms with van der Waals surface area (Å²) in [6.45, 7) is 5.95. The molecular formula is C15H19N5S. The number of hydrogen-bond acceptors (Lipinski definition) is 5. The Morgan fingerprint density at radius 1 is 1.24 bits per heavy atom. The Morgan fingerprint density at radius 2 is 2.10 bits per heavy atom. The Bertz CT molecular complexity index is 731. The van der Waals surface area contributed by atoms with E-state index in [0.717, 1.165) is 46.9 Å². The topological polar surface area (TPSA) is 55.6 Å². The second-order valence-corrected chi connectivity index (χ2v) is 5.69. The van der Waals surface area contributed by atoms with E-state index in [9.17, 15) is 0 Å². The number of para-hydroxylation sites is 2. The molecule has 0 bridgehead atoms. The maximum Gasteiger partial charge on any atom is 0.135 e. The van der Waals surface area contributed by atoms with Crippen LogP contribution in [0, 0.1) is 0 Å². The van der Waals surface area contributed by atoms with Gasteiger partial charge in [-0.3, -0.25) is 0 Å². The largest absolute Gasteiger partial charge is 0.374 e. The van der Waals surface area contributed by atoms with Crippen LogP contribution in [0.3, 0.4) is 0 Å². The SMILES string of the molecule is CCCNc1snnc1Cn1c(CC)nc2ccccc21. The van der Waals surface area contributed by atoms with Gasteiger partial charge in [0.05, 0.1) is 17.6 Å². The van der Waals surface area contributed by atoms with Crippen LogP contribution < -0.4 is 5.32 Å². The summed E-state index contributed by atoms with van der Waals surface area (Å²) in [4.78, 5) is 4.70. The van der Waals surface area contributed by atoms with Gasteiger partial charge in [0.25, 0.3) is 0 Å². The van der Waals surface area contributed by atoms with Crippen molar-refractivity contribution in [2.75, 3.05) is 11.9 Å². The Hall–Kier alpha value is -1.95. The standard InChI is InChI=1S/C15H19N5S/c1-3-9-16-15-12(18-19-21-15)10-20-13-8-6-5-7-11(13)17-14(20)4-2/h5-8,16H,3-4,9-10H2,1-2H3. The quantitative estimate of drug-likeness (QED) is 0.759. The predicted molar refractivity (Wildman–Crippen MR) is 86.9 cm³/mol. The maximum absolute atomic E-state index is 4.70. The van der Waals surface area contributed by atoms with Gasteiger partial charge in [-0.15, -0.1) is 5.10 Å². The van der Waals surface area contributed by atoms with Gasteiger partial charge in [-0.1, -0.05) is 30.5 Å². The number of rotatable bonds is 6. The first kappa shape index (κ1) is 14.0. The van der Waals surface area contributed by atoms with E-state index >= 15 is 0 Å². The first-order chi connectivity index (χ1) is 10.3. The Morgan fingerprint density at radius 3 is 2.90 bits per heavy atom. The highest BCUT2D eigenvalue weighted by atomic mass is 32.1. The molecule has 2 heterocycles. The predicted octanol–water partition coefficient (Wildman–Crippen LogP) is 3.32. The minimum absolute atomic E-state index is 0.715. The second-order valence-electron chi connectivity index (χ2n) is 4.93. The number of benzene rings is 1. The Kier molecular flexibility index (Phi) is 4.15. The molecule has 1 N–H and O–H groups in total. The fraction of sp³-hybridized carbons (Fsp3) is 0.400. The van der Waals surface area contributed by atoms with Crippen molar-refractivity contribution in [2.45, 2.75) is 33.2 Å². The monoisotopic (exact) mass is 301 g/mol. The van der Waals surface area contributed by atoms with Crippen molar-refractivity contribution >= 4 is 27.6 Å². The first-order valence-corrected chi connectivity index (χ1v) is 8.10. The molecule has 1 aromatic carbocycles. The van der Waals surface area contributed by atoms with Crippen LogP contribution in [-0.4, -0.2) is 25.7 Å². The smallest absolute Gasteiger partial charge is 0.135 e. The van der Waals surface area contributed by atoms with Crippen molar-refractivity contribution < 1.29 is 0 Å². The number of hydrogen-bond donors (Lipinski definition) is 1. The van der Waals surface area contributed by atoms with Gasteiger partial charge in [0.2, 0.25) is 0 Å². The van der Waals surface area contributed by atoms with Gasteiger partial charge < -0.3 is 9.88 Å². The van der Waals surface area contributed by atoms with Crippen LogP contribution in [-0.2, 0) is 13.0 Å². The minimum atomic E-state index is 0.715. The van der Waals surface area contributed by atoms with Crippen LogP contribution in [0.15, 0.2) is 24.3 Å². The number of nitrogens with one attached hydrogen (secondary N) is 1. The molecule has 0 saturated heterocycles. The Balaban J connectivity index is 1.96. The summed E-state index contributed by atoms with van der Waals surface area (Å²) in [6, 6.07) is 8.24. The zero-order valence-electron chi connectivity index (χ0n) is 12.3. The molecule has 0 spiro atoms. The number of fused-ring (bicyclic) bond motifs is 1. The van der Waals surface area contributed by atoms with Gasteiger partial charge in [-0.2, -0.15) is 0 Å². The summed E-state index contributed by atoms with van der Waals surface area (Å²) < 4.78 is 6.33. The lowest BCUT2D eigenvalue weighted by molar-refractivity contribution is 0.733. The van der Waals surface area contributed by atoms with Crippen LogP contribution in [0.5, 0.6) is 0 Å². The van der Waals surface area contributed by atoms with Crippen molar-refractivity contribution in [2.24, 2.45) is 0 Å². The van der Waals surface area contributed by atoms with Crippen molar-refractivity contribution in [3.05, 3.63) is 35.8 Å². The highest BCUT2D eigenvalue weighted by molar-refractivity contribution is 7.10. The third kappa shape index (κ3) is 2.76. The molecule has 0 atom stereocenters. The summed E-state index contributed by atoms with van der Waals surface area (Å²) in [5, 5.41) is 8.75. The van der Waals surface area contributed by atoms with E-state index in [4.69, 9.17) is 4.98 Å². The minimum Gasteiger partial charge on any atom is -0.374 e. The van der Waals surface area contributed by atoms with Crippen molar-refractivity contribution in [3.63, 3.8) is 0 Å². The molecule has 0 fully saturated rings. The molecule has 5 nitrogen and oxygen atoms in total. The van der Waals surface area contributed by atoms with E-state index in [1.807, 2.05) is 6.07 Å². The molecule has 6 heteroatoms. The molecule has 0 unspecified atom stereocenters. The number of imidazole rings is 1. The average molecular weight is 301 g/mol. The molecule has 0 aliphatic carbocycles. The van der Waals surface area contributed by atoms with Gasteiger partial charge in [0, 0.05) is 24.5 Å². The van der Waals surface area contributed by atoms with Gasteiger partial charge in [0.1, 0.15) is 16.5 Å². The highest BCUT2D eigenvalue weighted by Gasteiger charge is 2.13. The van der Waals surface area contributed by atoms with E-state index in [-0.39, 0.29) is 0 Å². The zero-order chi connectivity index (χ0) is 14.7. The fourth-order valence-corrected chi connectivity index (χ4v) is 3.00. The molecular weight excluding hydrogens is 282 g/mol. The molecule has 0 amide bonds. The Labute approximate surface area is 128 Å². The summed E-state index contributed by atoms with van der Waals surface area (Å²) in [5.74, 6) is 1.09. The molecule has 0 aliphatic heterocycles. The van der Waals surface area contributed by atoms with Crippen LogP contribution in [0.25, 0.3) is 11.0 Å². The summed E-state index contributed by atoms with van der Waals surface area (Å²) in [6.07, 6.45) is 2.00. The van der Waals surface area contributed by atoms with Crippen LogP contribution in [0.4, 0.5) is 5.00 Å². The average Bonchev–Trinajstić information content (AvgIpc) is 3.10. The molecule has 0 radical (unpaired) electrons. The van der Waals surface area contributed by atoms with Gasteiger partial charge in [-0.05, 0) is 18.6 Å². The van der Waals surface area contributed by atoms with Gasteiger partial charge in [0.15, 0.2) is 0 Å². The normalized spacial score (nSPS) is 11.1. The van der Waals surface area contributed by atoms with Gasteiger partial charge in [-0.25, -0.2) is 4.98 Å². The molecule has 21 heavy (non-hydrogen) atoms. The number of aromatic nitrogens is 4. The van der Waals surface area contributed by atoms with E-state index in [0.29, 0.717) is 6.54 Å². The van der Waals surface area contributed by atoms with E-state index in [1.54, 1.807) is 0 Å². The third-order valence-corrected chi connectivity index (χ3v) is 4.17. The number of nitrogens with zero attached hydrogens (tertiary/aromatic N) is 4. The zero-order valence-corrected chi connectivity index (χ0v) is 13.2. The van der Waals surface area contributed by atoms with Crippen molar-refractivity contribution in [1.82, 2.24) is 19.1 Å². The van der Waals surface area contributed by atoms with E-state index in [2.05, 4.69) is 51.5 Å². The van der Waals surface area contributed by atoms with Crippen LogP contribution in [0.1, 0.15) is 31.8 Å². The molecule has 2 aromatic heterocycles. The van der Waals surface area contributed by atoms with E-state index in [1.165, 1.54) is 11.5 Å². The maximum atomic E-state index is 4.70. The summed E-state index contributed by atoms with van der Waals surface area (Å²) >= 11 is 1.42. The molecule has 110 valence electrons. The molecule has 0 saturated carbocycles. The van der Waals surface area contributed by atoms with E-state index < -0.39 is 0 Å². The number of anilines is 1. The number of aryl methyl sites for hydroxylation is 1. The summed E-state index contributed by atoms with van der Waals surface area (Å²) in [5.41, 5.74) is 3.19. The first-order valence-electron chi connectivity index (χ1n) is 7.32. The fourth-order valence-electron chi connectivity index (χ4n) is 2.41. The molecule has 0 aliphatic rings. The molecule has 3 aromatic rings. The van der Waals surface area contributed by atoms with Gasteiger partial charge >= 0.3 is 0 Å². The summed E-state index contributed by atoms with van der Waals surface area (Å²) in [7, 11) is 0. The lowest BCUT2D eigenvalue weighted by Crippen LogP contribution is -2.08. The van der Waals surface area contributed by atoms with Crippen LogP contribution >= 0.6 is 11.5 Å². The lowest BCUT2D eigenvalue weighted by atomic mass is 10.3. The third-order valence-electron chi connectivity index (χ3n) is 3.45.